The van der Waals surface area contributed by atoms with E-state index >= 15 is 0 Å². The normalized spacial score (nSPS) is 10.6. The smallest absolute Gasteiger partial charge is 0.149 e. The summed E-state index contributed by atoms with van der Waals surface area (Å²) in [6.45, 7) is 0. The van der Waals surface area contributed by atoms with Crippen LogP contribution in [0.15, 0.2) is 24.5 Å². The monoisotopic (exact) mass is 225 g/mol. The first-order valence-electron chi connectivity index (χ1n) is 4.31. The highest BCUT2D eigenvalue weighted by Gasteiger charge is 2.11. The van der Waals surface area contributed by atoms with Gasteiger partial charge in [-0.15, -0.1) is 0 Å². The Morgan fingerprint density at radius 1 is 1.47 bits per heavy atom. The van der Waals surface area contributed by atoms with Crippen molar-refractivity contribution in [2.75, 3.05) is 5.73 Å². The van der Waals surface area contributed by atoms with E-state index in [4.69, 9.17) is 17.3 Å². The molecule has 0 aliphatic heterocycles. The van der Waals surface area contributed by atoms with E-state index in [9.17, 15) is 4.39 Å². The number of aromatic nitrogens is 2. The molecule has 5 heteroatoms. The summed E-state index contributed by atoms with van der Waals surface area (Å²) in [5.74, 6) is -0.473. The van der Waals surface area contributed by atoms with Crippen LogP contribution in [0, 0.1) is 5.82 Å². The van der Waals surface area contributed by atoms with Crippen molar-refractivity contribution in [3.8, 4) is 11.1 Å². The molecule has 1 heterocycles. The SMILES string of the molecule is Cn1cc(-c2cc(N)cc(Cl)c2F)cn1. The number of aryl methyl sites for hydroxylation is 1. The summed E-state index contributed by atoms with van der Waals surface area (Å²) in [6, 6.07) is 2.93. The largest absolute Gasteiger partial charge is 0.399 e. The van der Waals surface area contributed by atoms with Crippen LogP contribution in [0.4, 0.5) is 10.1 Å². The Balaban J connectivity index is 2.62. The minimum absolute atomic E-state index is 0.0221. The summed E-state index contributed by atoms with van der Waals surface area (Å²) >= 11 is 5.69. The van der Waals surface area contributed by atoms with E-state index in [1.807, 2.05) is 0 Å². The van der Waals surface area contributed by atoms with Crippen LogP contribution in [0.3, 0.4) is 0 Å². The average molecular weight is 226 g/mol. The second-order valence-corrected chi connectivity index (χ2v) is 3.67. The zero-order chi connectivity index (χ0) is 11.0. The van der Waals surface area contributed by atoms with Crippen LogP contribution < -0.4 is 5.73 Å². The van der Waals surface area contributed by atoms with Gasteiger partial charge in [-0.3, -0.25) is 4.68 Å². The van der Waals surface area contributed by atoms with Crippen molar-refractivity contribution in [2.24, 2.45) is 7.05 Å². The summed E-state index contributed by atoms with van der Waals surface area (Å²) in [5, 5.41) is 3.98. The van der Waals surface area contributed by atoms with Crippen molar-refractivity contribution in [3.05, 3.63) is 35.4 Å². The van der Waals surface area contributed by atoms with E-state index in [1.54, 1.807) is 24.1 Å². The number of nitrogens with two attached hydrogens (primary N) is 1. The van der Waals surface area contributed by atoms with Crippen LogP contribution in [-0.2, 0) is 7.05 Å². The molecule has 15 heavy (non-hydrogen) atoms. The fourth-order valence-electron chi connectivity index (χ4n) is 1.38. The van der Waals surface area contributed by atoms with Gasteiger partial charge in [-0.05, 0) is 12.1 Å². The number of halogens is 2. The highest BCUT2D eigenvalue weighted by molar-refractivity contribution is 6.31. The topological polar surface area (TPSA) is 43.8 Å². The molecule has 0 spiro atoms. The van der Waals surface area contributed by atoms with E-state index in [1.165, 1.54) is 12.1 Å². The highest BCUT2D eigenvalue weighted by Crippen LogP contribution is 2.29. The Hall–Kier alpha value is -1.55. The molecule has 2 rings (SSSR count). The summed E-state index contributed by atoms with van der Waals surface area (Å²) in [4.78, 5) is 0. The molecular formula is C10H9ClFN3. The van der Waals surface area contributed by atoms with Crippen LogP contribution in [0.2, 0.25) is 5.02 Å². The number of hydrogen-bond donors (Lipinski definition) is 1. The van der Waals surface area contributed by atoms with Crippen molar-refractivity contribution >= 4 is 17.3 Å². The van der Waals surface area contributed by atoms with Gasteiger partial charge < -0.3 is 5.73 Å². The molecule has 3 nitrogen and oxygen atoms in total. The third-order valence-corrected chi connectivity index (χ3v) is 2.34. The average Bonchev–Trinajstić information content (AvgIpc) is 2.58. The van der Waals surface area contributed by atoms with Gasteiger partial charge in [0, 0.05) is 30.1 Å². The summed E-state index contributed by atoms with van der Waals surface area (Å²) in [7, 11) is 1.76. The van der Waals surface area contributed by atoms with Crippen LogP contribution in [0.25, 0.3) is 11.1 Å². The molecule has 78 valence electrons. The van der Waals surface area contributed by atoms with Gasteiger partial charge in [0.15, 0.2) is 0 Å². The minimum Gasteiger partial charge on any atom is -0.399 e. The van der Waals surface area contributed by atoms with Gasteiger partial charge in [0.2, 0.25) is 0 Å². The predicted octanol–water partition coefficient (Wildman–Crippen LogP) is 2.46. The molecule has 2 N–H and O–H groups in total. The second-order valence-electron chi connectivity index (χ2n) is 3.27. The van der Waals surface area contributed by atoms with Gasteiger partial charge >= 0.3 is 0 Å². The first kappa shape index (κ1) is 9.98. The molecular weight excluding hydrogens is 217 g/mol. The first-order chi connectivity index (χ1) is 7.08. The summed E-state index contributed by atoms with van der Waals surface area (Å²) in [6.07, 6.45) is 3.27. The van der Waals surface area contributed by atoms with E-state index in [0.717, 1.165) is 0 Å². The standard InChI is InChI=1S/C10H9ClFN3/c1-15-5-6(4-14-15)8-2-7(13)3-9(11)10(8)12/h2-5H,13H2,1H3. The molecule has 1 aromatic carbocycles. The van der Waals surface area contributed by atoms with Crippen LogP contribution in [0.1, 0.15) is 0 Å². The van der Waals surface area contributed by atoms with E-state index < -0.39 is 5.82 Å². The first-order valence-corrected chi connectivity index (χ1v) is 4.69. The maximum atomic E-state index is 13.7. The third-order valence-electron chi connectivity index (χ3n) is 2.07. The van der Waals surface area contributed by atoms with Gasteiger partial charge in [-0.1, -0.05) is 11.6 Å². The lowest BCUT2D eigenvalue weighted by Gasteiger charge is -2.03. The Kier molecular flexibility index (Phi) is 2.36. The van der Waals surface area contributed by atoms with Crippen molar-refractivity contribution in [1.82, 2.24) is 9.78 Å². The molecule has 0 saturated carbocycles. The van der Waals surface area contributed by atoms with E-state index in [0.29, 0.717) is 16.8 Å². The van der Waals surface area contributed by atoms with Crippen molar-refractivity contribution < 1.29 is 4.39 Å². The van der Waals surface area contributed by atoms with Gasteiger partial charge in [0.05, 0.1) is 11.2 Å². The van der Waals surface area contributed by atoms with Gasteiger partial charge in [0.25, 0.3) is 0 Å². The molecule has 0 fully saturated rings. The minimum atomic E-state index is -0.473. The van der Waals surface area contributed by atoms with Gasteiger partial charge in [-0.25, -0.2) is 4.39 Å². The second kappa shape index (κ2) is 3.55. The van der Waals surface area contributed by atoms with Crippen molar-refractivity contribution in [1.29, 1.82) is 0 Å². The molecule has 0 bridgehead atoms. The number of nitrogen functional groups attached to an aromatic ring is 1. The molecule has 0 saturated heterocycles. The molecule has 1 aromatic heterocycles. The maximum absolute atomic E-state index is 13.7. The van der Waals surface area contributed by atoms with Crippen molar-refractivity contribution in [2.45, 2.75) is 0 Å². The van der Waals surface area contributed by atoms with Crippen LogP contribution >= 0.6 is 11.6 Å². The van der Waals surface area contributed by atoms with Crippen molar-refractivity contribution in [3.63, 3.8) is 0 Å². The Morgan fingerprint density at radius 3 is 2.80 bits per heavy atom. The quantitative estimate of drug-likeness (QED) is 0.758. The predicted molar refractivity (Wildman–Crippen MR) is 58.0 cm³/mol. The van der Waals surface area contributed by atoms with Gasteiger partial charge in [0.1, 0.15) is 5.82 Å². The molecule has 0 amide bonds. The third kappa shape index (κ3) is 1.80. The Labute approximate surface area is 91.3 Å². The maximum Gasteiger partial charge on any atom is 0.149 e. The molecule has 0 unspecified atom stereocenters. The zero-order valence-corrected chi connectivity index (χ0v) is 8.79. The summed E-state index contributed by atoms with van der Waals surface area (Å²) < 4.78 is 15.2. The van der Waals surface area contributed by atoms with E-state index in [-0.39, 0.29) is 5.02 Å². The molecule has 0 aliphatic carbocycles. The Morgan fingerprint density at radius 2 is 2.20 bits per heavy atom. The molecule has 0 atom stereocenters. The van der Waals surface area contributed by atoms with Gasteiger partial charge in [-0.2, -0.15) is 5.10 Å². The number of benzene rings is 1. The van der Waals surface area contributed by atoms with Crippen LogP contribution in [0.5, 0.6) is 0 Å². The highest BCUT2D eigenvalue weighted by atomic mass is 35.5. The lowest BCUT2D eigenvalue weighted by molar-refractivity contribution is 0.632. The van der Waals surface area contributed by atoms with Crippen LogP contribution in [-0.4, -0.2) is 9.78 Å². The fourth-order valence-corrected chi connectivity index (χ4v) is 1.61. The molecule has 0 radical (unpaired) electrons. The Bertz CT molecular complexity index is 507. The number of anilines is 1. The fraction of sp³-hybridized carbons (Fsp3) is 0.100. The molecule has 2 aromatic rings. The lowest BCUT2D eigenvalue weighted by Crippen LogP contribution is -1.90. The number of rotatable bonds is 1. The summed E-state index contributed by atoms with van der Waals surface area (Å²) in [5.41, 5.74) is 7.05. The zero-order valence-electron chi connectivity index (χ0n) is 8.04. The molecule has 0 aliphatic rings. The number of nitrogens with zero attached hydrogens (tertiary/aromatic N) is 2. The lowest BCUT2D eigenvalue weighted by atomic mass is 10.1. The van der Waals surface area contributed by atoms with E-state index in [2.05, 4.69) is 5.10 Å². The number of hydrogen-bond acceptors (Lipinski definition) is 2.